The summed E-state index contributed by atoms with van der Waals surface area (Å²) >= 11 is 1.10. The minimum atomic E-state index is -1.15. The largest absolute Gasteiger partial charge is 0.396 e. The van der Waals surface area contributed by atoms with Gasteiger partial charge in [-0.15, -0.1) is 11.3 Å². The standard InChI is InChI=1S/C8H11NO4S/c10-2-1-6(12)8(13)5-4-14-7(3-11)9-5/h3-4,6,8,10,12-13H,1-2H2. The second-order valence-corrected chi connectivity index (χ2v) is 3.64. The molecule has 2 unspecified atom stereocenters. The minimum absolute atomic E-state index is 0.0785. The molecule has 3 N–H and O–H groups in total. The Hall–Kier alpha value is -0.820. The van der Waals surface area contributed by atoms with Crippen LogP contribution in [0.15, 0.2) is 5.38 Å². The topological polar surface area (TPSA) is 90.7 Å². The lowest BCUT2D eigenvalue weighted by atomic mass is 10.1. The van der Waals surface area contributed by atoms with Crippen LogP contribution < -0.4 is 0 Å². The molecular weight excluding hydrogens is 206 g/mol. The maximum absolute atomic E-state index is 10.3. The van der Waals surface area contributed by atoms with Crippen molar-refractivity contribution in [1.82, 2.24) is 4.98 Å². The third-order valence-corrected chi connectivity index (χ3v) is 2.52. The number of rotatable bonds is 5. The number of aliphatic hydroxyl groups is 3. The third-order valence-electron chi connectivity index (χ3n) is 1.73. The summed E-state index contributed by atoms with van der Waals surface area (Å²) in [5.41, 5.74) is 0.262. The zero-order valence-corrected chi connectivity index (χ0v) is 8.15. The molecule has 0 radical (unpaired) electrons. The van der Waals surface area contributed by atoms with Gasteiger partial charge in [-0.25, -0.2) is 4.98 Å². The van der Waals surface area contributed by atoms with Crippen LogP contribution in [0.25, 0.3) is 0 Å². The van der Waals surface area contributed by atoms with Gasteiger partial charge in [0.05, 0.1) is 11.8 Å². The molecule has 1 aromatic rings. The fourth-order valence-corrected chi connectivity index (χ4v) is 1.63. The van der Waals surface area contributed by atoms with Gasteiger partial charge < -0.3 is 15.3 Å². The highest BCUT2D eigenvalue weighted by molar-refractivity contribution is 7.11. The molecule has 6 heteroatoms. The fourth-order valence-electron chi connectivity index (χ4n) is 0.978. The van der Waals surface area contributed by atoms with Gasteiger partial charge in [-0.3, -0.25) is 4.79 Å². The molecule has 0 bridgehead atoms. The maximum atomic E-state index is 10.3. The predicted octanol–water partition coefficient (Wildman–Crippen LogP) is -0.268. The van der Waals surface area contributed by atoms with Crippen molar-refractivity contribution >= 4 is 17.6 Å². The molecule has 0 amide bonds. The molecule has 1 heterocycles. The van der Waals surface area contributed by atoms with E-state index in [-0.39, 0.29) is 23.7 Å². The molecule has 0 aromatic carbocycles. The van der Waals surface area contributed by atoms with Crippen LogP contribution in [0.1, 0.15) is 28.0 Å². The predicted molar refractivity (Wildman–Crippen MR) is 50.2 cm³/mol. The van der Waals surface area contributed by atoms with Gasteiger partial charge in [0.1, 0.15) is 6.10 Å². The van der Waals surface area contributed by atoms with Crippen LogP contribution >= 0.6 is 11.3 Å². The Balaban J connectivity index is 2.67. The van der Waals surface area contributed by atoms with Gasteiger partial charge in [0.15, 0.2) is 11.3 Å². The first kappa shape index (κ1) is 11.3. The van der Waals surface area contributed by atoms with Crippen LogP contribution in [0.4, 0.5) is 0 Å². The summed E-state index contributed by atoms with van der Waals surface area (Å²) in [6.07, 6.45) is -1.54. The quantitative estimate of drug-likeness (QED) is 0.591. The summed E-state index contributed by atoms with van der Waals surface area (Å²) in [5.74, 6) is 0. The van der Waals surface area contributed by atoms with Crippen molar-refractivity contribution in [3.63, 3.8) is 0 Å². The van der Waals surface area contributed by atoms with Crippen LogP contribution in [0.3, 0.4) is 0 Å². The number of carbonyl (C=O) groups is 1. The number of thiazole rings is 1. The lowest BCUT2D eigenvalue weighted by molar-refractivity contribution is 0.00219. The molecule has 2 atom stereocenters. The smallest absolute Gasteiger partial charge is 0.178 e. The van der Waals surface area contributed by atoms with E-state index in [0.29, 0.717) is 6.29 Å². The molecule has 0 aliphatic heterocycles. The number of hydrogen-bond donors (Lipinski definition) is 3. The van der Waals surface area contributed by atoms with E-state index in [2.05, 4.69) is 4.98 Å². The first-order chi connectivity index (χ1) is 6.69. The van der Waals surface area contributed by atoms with E-state index in [4.69, 9.17) is 5.11 Å². The molecule has 0 aliphatic rings. The van der Waals surface area contributed by atoms with Gasteiger partial charge in [0.25, 0.3) is 0 Å². The van der Waals surface area contributed by atoms with Gasteiger partial charge in [-0.1, -0.05) is 0 Å². The molecule has 0 aliphatic carbocycles. The Labute approximate surface area is 84.7 Å². The van der Waals surface area contributed by atoms with Crippen LogP contribution in [0.2, 0.25) is 0 Å². The maximum Gasteiger partial charge on any atom is 0.178 e. The zero-order valence-electron chi connectivity index (χ0n) is 7.33. The number of hydrogen-bond acceptors (Lipinski definition) is 6. The van der Waals surface area contributed by atoms with E-state index in [1.54, 1.807) is 0 Å². The molecule has 0 saturated carbocycles. The summed E-state index contributed by atoms with van der Waals surface area (Å²) in [6.45, 7) is -0.205. The van der Waals surface area contributed by atoms with Gasteiger partial charge in [-0.2, -0.15) is 0 Å². The minimum Gasteiger partial charge on any atom is -0.396 e. The average Bonchev–Trinajstić information content (AvgIpc) is 2.65. The van der Waals surface area contributed by atoms with E-state index in [1.165, 1.54) is 5.38 Å². The van der Waals surface area contributed by atoms with Crippen molar-refractivity contribution in [3.8, 4) is 0 Å². The first-order valence-corrected chi connectivity index (χ1v) is 4.94. The molecule has 5 nitrogen and oxygen atoms in total. The molecule has 78 valence electrons. The molecular formula is C8H11NO4S. The second kappa shape index (κ2) is 5.16. The monoisotopic (exact) mass is 217 g/mol. The van der Waals surface area contributed by atoms with Crippen LogP contribution in [-0.4, -0.2) is 39.3 Å². The summed E-state index contributed by atoms with van der Waals surface area (Å²) in [4.78, 5) is 14.1. The lowest BCUT2D eigenvalue weighted by Crippen LogP contribution is -2.19. The third kappa shape index (κ3) is 2.58. The van der Waals surface area contributed by atoms with Crippen molar-refractivity contribution in [2.45, 2.75) is 18.6 Å². The lowest BCUT2D eigenvalue weighted by Gasteiger charge is -2.14. The van der Waals surface area contributed by atoms with Crippen molar-refractivity contribution in [2.24, 2.45) is 0 Å². The van der Waals surface area contributed by atoms with Crippen LogP contribution in [-0.2, 0) is 0 Å². The molecule has 1 aromatic heterocycles. The van der Waals surface area contributed by atoms with Gasteiger partial charge in [-0.05, 0) is 6.42 Å². The van der Waals surface area contributed by atoms with Crippen molar-refractivity contribution in [2.75, 3.05) is 6.61 Å². The van der Waals surface area contributed by atoms with E-state index >= 15 is 0 Å². The summed E-state index contributed by atoms with van der Waals surface area (Å²) in [6, 6.07) is 0. The SMILES string of the molecule is O=Cc1nc(C(O)C(O)CCO)cs1. The van der Waals surface area contributed by atoms with Crippen molar-refractivity contribution < 1.29 is 20.1 Å². The summed E-state index contributed by atoms with van der Waals surface area (Å²) in [5, 5.41) is 29.1. The fraction of sp³-hybridized carbons (Fsp3) is 0.500. The van der Waals surface area contributed by atoms with Crippen LogP contribution in [0.5, 0.6) is 0 Å². The zero-order chi connectivity index (χ0) is 10.6. The normalized spacial score (nSPS) is 15.1. The molecule has 0 saturated heterocycles. The van der Waals surface area contributed by atoms with E-state index in [1.807, 2.05) is 0 Å². The number of aldehydes is 1. The van der Waals surface area contributed by atoms with E-state index in [9.17, 15) is 15.0 Å². The Morgan fingerprint density at radius 1 is 1.57 bits per heavy atom. The highest BCUT2D eigenvalue weighted by atomic mass is 32.1. The summed E-state index contributed by atoms with van der Waals surface area (Å²) in [7, 11) is 0. The highest BCUT2D eigenvalue weighted by Crippen LogP contribution is 2.20. The number of aromatic nitrogens is 1. The highest BCUT2D eigenvalue weighted by Gasteiger charge is 2.20. The molecule has 0 fully saturated rings. The Bertz CT molecular complexity index is 301. The second-order valence-electron chi connectivity index (χ2n) is 2.75. The first-order valence-electron chi connectivity index (χ1n) is 4.06. The molecule has 0 spiro atoms. The summed E-state index contributed by atoms with van der Waals surface area (Å²) < 4.78 is 0. The Morgan fingerprint density at radius 3 is 2.79 bits per heavy atom. The van der Waals surface area contributed by atoms with E-state index < -0.39 is 12.2 Å². The van der Waals surface area contributed by atoms with E-state index in [0.717, 1.165) is 11.3 Å². The van der Waals surface area contributed by atoms with Gasteiger partial charge in [0, 0.05) is 12.0 Å². The number of aliphatic hydroxyl groups excluding tert-OH is 3. The number of nitrogens with zero attached hydrogens (tertiary/aromatic N) is 1. The van der Waals surface area contributed by atoms with Crippen LogP contribution in [0, 0.1) is 0 Å². The Morgan fingerprint density at radius 2 is 2.29 bits per heavy atom. The van der Waals surface area contributed by atoms with Gasteiger partial charge >= 0.3 is 0 Å². The van der Waals surface area contributed by atoms with Crippen molar-refractivity contribution in [1.29, 1.82) is 0 Å². The van der Waals surface area contributed by atoms with Crippen molar-refractivity contribution in [3.05, 3.63) is 16.1 Å². The average molecular weight is 217 g/mol. The number of carbonyl (C=O) groups excluding carboxylic acids is 1. The molecule has 14 heavy (non-hydrogen) atoms. The Kier molecular flexibility index (Phi) is 4.15. The molecule has 1 rings (SSSR count). The van der Waals surface area contributed by atoms with Gasteiger partial charge in [0.2, 0.25) is 0 Å².